The molecular weight excluding hydrogens is 280 g/mol. The number of aryl methyl sites for hydroxylation is 1. The Morgan fingerprint density at radius 3 is 2.90 bits per heavy atom. The molecule has 1 aromatic heterocycles. The molecule has 120 valence electrons. The summed E-state index contributed by atoms with van der Waals surface area (Å²) in [5, 5.41) is 2.19. The molecule has 2 N–H and O–H groups in total. The minimum absolute atomic E-state index is 0.201. The minimum Gasteiger partial charge on any atom is -0.377 e. The van der Waals surface area contributed by atoms with Gasteiger partial charge in [0.25, 0.3) is 0 Å². The molecule has 0 saturated carbocycles. The Kier molecular flexibility index (Phi) is 6.68. The van der Waals surface area contributed by atoms with Gasteiger partial charge in [-0.3, -0.25) is 4.90 Å². The molecular formula is C17H30N2OS. The Morgan fingerprint density at radius 1 is 1.48 bits per heavy atom. The highest BCUT2D eigenvalue weighted by atomic mass is 32.1. The van der Waals surface area contributed by atoms with E-state index in [1.165, 1.54) is 23.3 Å². The number of nitrogens with zero attached hydrogens (tertiary/aromatic N) is 1. The van der Waals surface area contributed by atoms with Crippen LogP contribution >= 0.6 is 11.3 Å². The normalized spacial score (nSPS) is 23.1. The van der Waals surface area contributed by atoms with Gasteiger partial charge in [0.1, 0.15) is 0 Å². The Balaban J connectivity index is 2.11. The third kappa shape index (κ3) is 4.28. The average molecular weight is 311 g/mol. The molecule has 1 fully saturated rings. The highest BCUT2D eigenvalue weighted by Crippen LogP contribution is 2.34. The Hall–Kier alpha value is -0.420. The maximum atomic E-state index is 6.48. The summed E-state index contributed by atoms with van der Waals surface area (Å²) in [5.41, 5.74) is 7.86. The van der Waals surface area contributed by atoms with E-state index in [-0.39, 0.29) is 6.04 Å². The summed E-state index contributed by atoms with van der Waals surface area (Å²) < 4.78 is 5.99. The molecule has 1 aromatic rings. The lowest BCUT2D eigenvalue weighted by Gasteiger charge is -2.40. The van der Waals surface area contributed by atoms with Crippen molar-refractivity contribution < 1.29 is 4.74 Å². The van der Waals surface area contributed by atoms with E-state index in [0.717, 1.165) is 32.5 Å². The van der Waals surface area contributed by atoms with Crippen molar-refractivity contribution in [3.63, 3.8) is 0 Å². The van der Waals surface area contributed by atoms with Crippen molar-refractivity contribution in [2.75, 3.05) is 19.7 Å². The third-order valence-corrected chi connectivity index (χ3v) is 5.50. The van der Waals surface area contributed by atoms with Crippen molar-refractivity contribution in [1.82, 2.24) is 4.90 Å². The smallest absolute Gasteiger partial charge is 0.0702 e. The summed E-state index contributed by atoms with van der Waals surface area (Å²) >= 11 is 1.85. The maximum absolute atomic E-state index is 6.48. The lowest BCUT2D eigenvalue weighted by atomic mass is 9.97. The van der Waals surface area contributed by atoms with Crippen molar-refractivity contribution in [3.05, 3.63) is 21.9 Å². The second-order valence-electron chi connectivity index (χ2n) is 6.11. The van der Waals surface area contributed by atoms with Gasteiger partial charge in [-0.25, -0.2) is 0 Å². The van der Waals surface area contributed by atoms with Crippen LogP contribution in [0.2, 0.25) is 0 Å². The zero-order valence-electron chi connectivity index (χ0n) is 13.7. The summed E-state index contributed by atoms with van der Waals surface area (Å²) in [6.45, 7) is 9.61. The van der Waals surface area contributed by atoms with Gasteiger partial charge in [0.05, 0.1) is 12.1 Å². The van der Waals surface area contributed by atoms with Crippen molar-refractivity contribution in [2.24, 2.45) is 5.73 Å². The molecule has 1 aliphatic rings. The number of hydrogen-bond acceptors (Lipinski definition) is 4. The number of rotatable bonds is 7. The first-order valence-electron chi connectivity index (χ1n) is 8.32. The second kappa shape index (κ2) is 8.28. The first-order valence-corrected chi connectivity index (χ1v) is 9.20. The highest BCUT2D eigenvalue weighted by Gasteiger charge is 2.32. The fourth-order valence-corrected chi connectivity index (χ4v) is 4.32. The largest absolute Gasteiger partial charge is 0.377 e. The van der Waals surface area contributed by atoms with Gasteiger partial charge >= 0.3 is 0 Å². The number of likely N-dealkylation sites (tertiary alicyclic amines) is 1. The van der Waals surface area contributed by atoms with E-state index >= 15 is 0 Å². The predicted octanol–water partition coefficient (Wildman–Crippen LogP) is 3.73. The molecule has 21 heavy (non-hydrogen) atoms. The SMILES string of the molecule is CCCOC1CCCN(C(c2sccc2C)C(N)CC)C1. The number of thiophene rings is 1. The number of ether oxygens (including phenoxy) is 1. The quantitative estimate of drug-likeness (QED) is 0.834. The maximum Gasteiger partial charge on any atom is 0.0702 e. The predicted molar refractivity (Wildman–Crippen MR) is 90.9 cm³/mol. The van der Waals surface area contributed by atoms with Crippen LogP contribution < -0.4 is 5.73 Å². The first kappa shape index (κ1) is 16.9. The standard InChI is InChI=1S/C17H30N2OS/c1-4-10-20-14-7-6-9-19(12-14)16(15(18)5-2)17-13(3)8-11-21-17/h8,11,14-16H,4-7,9-10,12,18H2,1-3H3. The minimum atomic E-state index is 0.201. The van der Waals surface area contributed by atoms with Gasteiger partial charge in [-0.05, 0) is 56.2 Å². The summed E-state index contributed by atoms with van der Waals surface area (Å²) in [7, 11) is 0. The number of piperidine rings is 1. The van der Waals surface area contributed by atoms with Gasteiger partial charge in [-0.2, -0.15) is 0 Å². The van der Waals surface area contributed by atoms with E-state index in [9.17, 15) is 0 Å². The van der Waals surface area contributed by atoms with E-state index < -0.39 is 0 Å². The van der Waals surface area contributed by atoms with E-state index in [1.807, 2.05) is 11.3 Å². The van der Waals surface area contributed by atoms with Gasteiger partial charge in [0.2, 0.25) is 0 Å². The molecule has 0 aliphatic carbocycles. The first-order chi connectivity index (χ1) is 10.2. The fraction of sp³-hybridized carbons (Fsp3) is 0.765. The summed E-state index contributed by atoms with van der Waals surface area (Å²) in [6.07, 6.45) is 4.89. The zero-order valence-corrected chi connectivity index (χ0v) is 14.5. The van der Waals surface area contributed by atoms with Crippen LogP contribution in [0.15, 0.2) is 11.4 Å². The lowest BCUT2D eigenvalue weighted by molar-refractivity contribution is -0.0160. The molecule has 0 amide bonds. The van der Waals surface area contributed by atoms with Crippen LogP contribution in [0.3, 0.4) is 0 Å². The van der Waals surface area contributed by atoms with Crippen LogP contribution in [0.5, 0.6) is 0 Å². The molecule has 3 nitrogen and oxygen atoms in total. The average Bonchev–Trinajstić information content (AvgIpc) is 2.92. The molecule has 0 aromatic carbocycles. The van der Waals surface area contributed by atoms with Gasteiger partial charge in [-0.1, -0.05) is 13.8 Å². The van der Waals surface area contributed by atoms with Gasteiger partial charge in [0, 0.05) is 24.1 Å². The molecule has 0 spiro atoms. The van der Waals surface area contributed by atoms with Crippen LogP contribution in [0, 0.1) is 6.92 Å². The molecule has 1 saturated heterocycles. The topological polar surface area (TPSA) is 38.5 Å². The van der Waals surface area contributed by atoms with Crippen molar-refractivity contribution in [2.45, 2.75) is 64.6 Å². The van der Waals surface area contributed by atoms with Crippen LogP contribution in [-0.4, -0.2) is 36.7 Å². The Bertz CT molecular complexity index is 421. The third-order valence-electron chi connectivity index (χ3n) is 4.41. The lowest BCUT2D eigenvalue weighted by Crippen LogP contribution is -2.47. The van der Waals surface area contributed by atoms with E-state index in [2.05, 4.69) is 37.1 Å². The van der Waals surface area contributed by atoms with Crippen LogP contribution in [0.1, 0.15) is 56.0 Å². The molecule has 2 rings (SSSR count). The molecule has 3 atom stereocenters. The number of nitrogens with two attached hydrogens (primary N) is 1. The van der Waals surface area contributed by atoms with Gasteiger partial charge < -0.3 is 10.5 Å². The molecule has 1 aliphatic heterocycles. The second-order valence-corrected chi connectivity index (χ2v) is 7.06. The van der Waals surface area contributed by atoms with E-state index in [0.29, 0.717) is 12.1 Å². The fourth-order valence-electron chi connectivity index (χ4n) is 3.18. The molecule has 0 bridgehead atoms. The molecule has 2 heterocycles. The van der Waals surface area contributed by atoms with Crippen molar-refractivity contribution >= 4 is 11.3 Å². The van der Waals surface area contributed by atoms with E-state index in [4.69, 9.17) is 10.5 Å². The molecule has 0 radical (unpaired) electrons. The molecule has 4 heteroatoms. The summed E-state index contributed by atoms with van der Waals surface area (Å²) in [5.74, 6) is 0. The molecule has 3 unspecified atom stereocenters. The van der Waals surface area contributed by atoms with Crippen LogP contribution in [0.4, 0.5) is 0 Å². The summed E-state index contributed by atoms with van der Waals surface area (Å²) in [4.78, 5) is 4.01. The van der Waals surface area contributed by atoms with Gasteiger partial charge in [0.15, 0.2) is 0 Å². The van der Waals surface area contributed by atoms with E-state index in [1.54, 1.807) is 0 Å². The highest BCUT2D eigenvalue weighted by molar-refractivity contribution is 7.10. The number of hydrogen-bond donors (Lipinski definition) is 1. The van der Waals surface area contributed by atoms with Crippen molar-refractivity contribution in [3.8, 4) is 0 Å². The van der Waals surface area contributed by atoms with Gasteiger partial charge in [-0.15, -0.1) is 11.3 Å². The van der Waals surface area contributed by atoms with Crippen molar-refractivity contribution in [1.29, 1.82) is 0 Å². The van der Waals surface area contributed by atoms with Crippen LogP contribution in [-0.2, 0) is 4.74 Å². The van der Waals surface area contributed by atoms with Crippen LogP contribution in [0.25, 0.3) is 0 Å². The zero-order chi connectivity index (χ0) is 15.2. The summed E-state index contributed by atoms with van der Waals surface area (Å²) in [6, 6.07) is 2.76. The Morgan fingerprint density at radius 2 is 2.29 bits per heavy atom. The monoisotopic (exact) mass is 310 g/mol. The Labute approximate surface area is 133 Å².